The van der Waals surface area contributed by atoms with Crippen molar-refractivity contribution in [2.75, 3.05) is 9.80 Å². The van der Waals surface area contributed by atoms with Gasteiger partial charge in [0.2, 0.25) is 0 Å². The molecule has 0 bridgehead atoms. The van der Waals surface area contributed by atoms with Crippen molar-refractivity contribution in [2.24, 2.45) is 5.92 Å². The second kappa shape index (κ2) is 6.02. The normalized spacial score (nSPS) is 22.8. The molecule has 0 amide bonds. The molecule has 3 atom stereocenters. The summed E-state index contributed by atoms with van der Waals surface area (Å²) in [5.41, 5.74) is 7.78. The second-order valence-corrected chi connectivity index (χ2v) is 7.66. The van der Waals surface area contributed by atoms with Crippen LogP contribution in [-0.4, -0.2) is 6.17 Å². The van der Waals surface area contributed by atoms with Gasteiger partial charge >= 0.3 is 0 Å². The van der Waals surface area contributed by atoms with Gasteiger partial charge in [-0.25, -0.2) is 0 Å². The van der Waals surface area contributed by atoms with E-state index in [1.165, 1.54) is 33.9 Å². The molecule has 2 aliphatic heterocycles. The summed E-state index contributed by atoms with van der Waals surface area (Å²) in [7, 11) is 0. The van der Waals surface area contributed by atoms with Gasteiger partial charge in [0.15, 0.2) is 0 Å². The summed E-state index contributed by atoms with van der Waals surface area (Å²) in [5, 5.41) is 0. The molecule has 2 heterocycles. The Bertz CT molecular complexity index is 1010. The lowest BCUT2D eigenvalue weighted by Gasteiger charge is -2.45. The Labute approximate surface area is 161 Å². The molecule has 0 N–H and O–H groups in total. The molecule has 3 aromatic rings. The van der Waals surface area contributed by atoms with E-state index in [4.69, 9.17) is 0 Å². The molecule has 3 aromatic carbocycles. The number of aryl methyl sites for hydroxylation is 1. The number of nitrogens with zero attached hydrogens (tertiary/aromatic N) is 2. The highest BCUT2D eigenvalue weighted by atomic mass is 15.4. The number of fused-ring (bicyclic) bond motifs is 5. The summed E-state index contributed by atoms with van der Waals surface area (Å²) in [6.45, 7) is 8.70. The Balaban J connectivity index is 1.79. The maximum Gasteiger partial charge on any atom is 0.115 e. The molecule has 5 rings (SSSR count). The maximum atomic E-state index is 4.17. The molecule has 134 valence electrons. The van der Waals surface area contributed by atoms with Crippen molar-refractivity contribution in [1.82, 2.24) is 0 Å². The Morgan fingerprint density at radius 3 is 2.33 bits per heavy atom. The molecule has 0 spiro atoms. The molecule has 0 radical (unpaired) electrons. The van der Waals surface area contributed by atoms with E-state index in [0.29, 0.717) is 11.8 Å². The largest absolute Gasteiger partial charge is 0.318 e. The molecule has 2 heteroatoms. The van der Waals surface area contributed by atoms with E-state index in [1.807, 2.05) is 0 Å². The second-order valence-electron chi connectivity index (χ2n) is 7.66. The van der Waals surface area contributed by atoms with Crippen molar-refractivity contribution in [3.8, 4) is 0 Å². The topological polar surface area (TPSA) is 6.48 Å². The maximum absolute atomic E-state index is 4.17. The Morgan fingerprint density at radius 1 is 0.815 bits per heavy atom. The number of allylic oxidation sites excluding steroid dienone is 1. The zero-order chi connectivity index (χ0) is 18.5. The number of rotatable bonds is 2. The van der Waals surface area contributed by atoms with Crippen LogP contribution in [0.2, 0.25) is 0 Å². The predicted molar refractivity (Wildman–Crippen MR) is 114 cm³/mol. The molecule has 0 saturated carbocycles. The number of anilines is 4. The monoisotopic (exact) mass is 352 g/mol. The van der Waals surface area contributed by atoms with Gasteiger partial charge in [-0.3, -0.25) is 0 Å². The van der Waals surface area contributed by atoms with Crippen molar-refractivity contribution < 1.29 is 0 Å². The minimum atomic E-state index is 0.238. The molecule has 2 nitrogen and oxygen atoms in total. The van der Waals surface area contributed by atoms with Crippen LogP contribution in [0.5, 0.6) is 0 Å². The molecule has 0 saturated heterocycles. The average molecular weight is 352 g/mol. The first-order chi connectivity index (χ1) is 13.2. The molecular weight excluding hydrogens is 328 g/mol. The van der Waals surface area contributed by atoms with E-state index in [9.17, 15) is 0 Å². The Morgan fingerprint density at radius 2 is 1.56 bits per heavy atom. The van der Waals surface area contributed by atoms with E-state index in [-0.39, 0.29) is 6.17 Å². The van der Waals surface area contributed by atoms with Crippen LogP contribution in [0.1, 0.15) is 24.0 Å². The zero-order valence-corrected chi connectivity index (χ0v) is 15.8. The van der Waals surface area contributed by atoms with Crippen molar-refractivity contribution in [3.63, 3.8) is 0 Å². The van der Waals surface area contributed by atoms with E-state index in [1.54, 1.807) is 0 Å². The lowest BCUT2D eigenvalue weighted by atomic mass is 9.80. The van der Waals surface area contributed by atoms with Crippen molar-refractivity contribution in [3.05, 3.63) is 96.6 Å². The predicted octanol–water partition coefficient (Wildman–Crippen LogP) is 6.53. The first-order valence-electron chi connectivity index (χ1n) is 9.66. The van der Waals surface area contributed by atoms with E-state index < -0.39 is 0 Å². The van der Waals surface area contributed by atoms with Gasteiger partial charge in [-0.05, 0) is 48.4 Å². The molecule has 27 heavy (non-hydrogen) atoms. The SMILES string of the molecule is C=CC1c2ccccc2N2c3cc(C)ccc3N(c3ccccc3)C2C1C. The van der Waals surface area contributed by atoms with Gasteiger partial charge in [0.1, 0.15) is 6.17 Å². The van der Waals surface area contributed by atoms with Crippen LogP contribution in [0, 0.1) is 12.8 Å². The van der Waals surface area contributed by atoms with Crippen molar-refractivity contribution in [1.29, 1.82) is 0 Å². The molecule has 0 aromatic heterocycles. The smallest absolute Gasteiger partial charge is 0.115 e. The highest BCUT2D eigenvalue weighted by molar-refractivity contribution is 5.90. The summed E-state index contributed by atoms with van der Waals surface area (Å²) in [5.74, 6) is 0.745. The van der Waals surface area contributed by atoms with Crippen LogP contribution >= 0.6 is 0 Å². The fraction of sp³-hybridized carbons (Fsp3) is 0.200. The first kappa shape index (κ1) is 16.2. The van der Waals surface area contributed by atoms with Gasteiger partial charge in [-0.15, -0.1) is 6.58 Å². The number of hydrogen-bond acceptors (Lipinski definition) is 2. The molecular formula is C25H24N2. The van der Waals surface area contributed by atoms with Gasteiger partial charge in [0, 0.05) is 23.2 Å². The third-order valence-electron chi connectivity index (χ3n) is 6.06. The van der Waals surface area contributed by atoms with Gasteiger partial charge < -0.3 is 9.80 Å². The first-order valence-corrected chi connectivity index (χ1v) is 9.66. The molecule has 0 aliphatic carbocycles. The molecule has 3 unspecified atom stereocenters. The third kappa shape index (κ3) is 2.26. The fourth-order valence-corrected chi connectivity index (χ4v) is 4.85. The fourth-order valence-electron chi connectivity index (χ4n) is 4.85. The summed E-state index contributed by atoms with van der Waals surface area (Å²) >= 11 is 0. The minimum Gasteiger partial charge on any atom is -0.318 e. The van der Waals surface area contributed by atoms with Crippen LogP contribution in [0.15, 0.2) is 85.5 Å². The van der Waals surface area contributed by atoms with E-state index in [0.717, 1.165) is 0 Å². The zero-order valence-electron chi connectivity index (χ0n) is 15.8. The Kier molecular flexibility index (Phi) is 3.61. The number of hydrogen-bond donors (Lipinski definition) is 0. The minimum absolute atomic E-state index is 0.238. The lowest BCUT2D eigenvalue weighted by molar-refractivity contribution is 0.410. The van der Waals surface area contributed by atoms with Gasteiger partial charge in [-0.2, -0.15) is 0 Å². The molecule has 0 fully saturated rings. The van der Waals surface area contributed by atoms with E-state index in [2.05, 4.69) is 109 Å². The average Bonchev–Trinajstić information content (AvgIpc) is 3.04. The highest BCUT2D eigenvalue weighted by Gasteiger charge is 2.47. The van der Waals surface area contributed by atoms with Gasteiger partial charge in [-0.1, -0.05) is 55.5 Å². The summed E-state index contributed by atoms with van der Waals surface area (Å²) in [6.07, 6.45) is 2.36. The van der Waals surface area contributed by atoms with Crippen molar-refractivity contribution >= 4 is 22.7 Å². The van der Waals surface area contributed by atoms with Crippen LogP contribution in [0.4, 0.5) is 22.7 Å². The van der Waals surface area contributed by atoms with Gasteiger partial charge in [0.05, 0.1) is 11.4 Å². The third-order valence-corrected chi connectivity index (χ3v) is 6.06. The Hall–Kier alpha value is -3.00. The summed E-state index contributed by atoms with van der Waals surface area (Å²) in [4.78, 5) is 5.04. The highest BCUT2D eigenvalue weighted by Crippen LogP contribution is 2.56. The number of benzene rings is 3. The standard InChI is InChI=1S/C25H24N2/c1-4-20-18(3)25-26(19-10-6-5-7-11-19)23-15-14-17(2)16-24(23)27(25)22-13-9-8-12-21(20)22/h4-16,18,20,25H,1H2,2-3H3. The van der Waals surface area contributed by atoms with Crippen LogP contribution < -0.4 is 9.80 Å². The van der Waals surface area contributed by atoms with Gasteiger partial charge in [0.25, 0.3) is 0 Å². The summed E-state index contributed by atoms with van der Waals surface area (Å²) in [6, 6.07) is 26.4. The number of para-hydroxylation sites is 2. The van der Waals surface area contributed by atoms with Crippen LogP contribution in [0.25, 0.3) is 0 Å². The summed E-state index contributed by atoms with van der Waals surface area (Å²) < 4.78 is 0. The molecule has 2 aliphatic rings. The van der Waals surface area contributed by atoms with Crippen molar-refractivity contribution in [2.45, 2.75) is 25.9 Å². The van der Waals surface area contributed by atoms with Crippen LogP contribution in [0.3, 0.4) is 0 Å². The lowest BCUT2D eigenvalue weighted by Crippen LogP contribution is -2.48. The quantitative estimate of drug-likeness (QED) is 0.484. The van der Waals surface area contributed by atoms with Crippen LogP contribution in [-0.2, 0) is 0 Å². The van der Waals surface area contributed by atoms with E-state index >= 15 is 0 Å².